The lowest BCUT2D eigenvalue weighted by atomic mass is 9.83. The number of amides is 2. The average molecular weight is 539 g/mol. The number of carbonyl (C=O) groups is 4. The van der Waals surface area contributed by atoms with E-state index in [2.05, 4.69) is 0 Å². The van der Waals surface area contributed by atoms with E-state index in [0.29, 0.717) is 45.8 Å². The Balaban J connectivity index is 1.31. The lowest BCUT2D eigenvalue weighted by Gasteiger charge is -2.27. The number of rotatable bonds is 5. The summed E-state index contributed by atoms with van der Waals surface area (Å²) in [7, 11) is 0. The van der Waals surface area contributed by atoms with E-state index in [-0.39, 0.29) is 34.8 Å². The summed E-state index contributed by atoms with van der Waals surface area (Å²) >= 11 is 0. The molecule has 7 nitrogen and oxygen atoms in total. The monoisotopic (exact) mass is 538 g/mol. The van der Waals surface area contributed by atoms with Gasteiger partial charge in [-0.3, -0.25) is 24.1 Å². The molecule has 0 atom stereocenters. The van der Waals surface area contributed by atoms with Crippen molar-refractivity contribution < 1.29 is 23.6 Å². The molecule has 0 fully saturated rings. The van der Waals surface area contributed by atoms with Crippen LogP contribution in [0.25, 0.3) is 17.4 Å². The summed E-state index contributed by atoms with van der Waals surface area (Å²) in [5.41, 5.74) is 3.34. The number of benzene rings is 3. The molecule has 0 spiro atoms. The molecule has 4 aromatic rings. The minimum atomic E-state index is -0.613. The van der Waals surface area contributed by atoms with Crippen LogP contribution in [0.4, 0.5) is 0 Å². The van der Waals surface area contributed by atoms with Crippen molar-refractivity contribution in [2.45, 2.75) is 13.3 Å². The first kappa shape index (κ1) is 25.7. The van der Waals surface area contributed by atoms with Gasteiger partial charge in [0.1, 0.15) is 23.2 Å². The summed E-state index contributed by atoms with van der Waals surface area (Å²) in [6.07, 6.45) is 1.97. The van der Waals surface area contributed by atoms with Gasteiger partial charge < -0.3 is 4.42 Å². The van der Waals surface area contributed by atoms with E-state index in [1.54, 1.807) is 61.5 Å². The van der Waals surface area contributed by atoms with Gasteiger partial charge in [0, 0.05) is 39.9 Å². The molecular formula is C34H22N2O5. The first-order valence-corrected chi connectivity index (χ1v) is 13.0. The first-order valence-electron chi connectivity index (χ1n) is 13.0. The van der Waals surface area contributed by atoms with E-state index in [4.69, 9.17) is 4.42 Å². The molecule has 1 aliphatic carbocycles. The highest BCUT2D eigenvalue weighted by Crippen LogP contribution is 2.33. The number of nitrogens with zero attached hydrogens (tertiary/aromatic N) is 2. The quantitative estimate of drug-likeness (QED) is 0.214. The molecule has 1 aliphatic heterocycles. The summed E-state index contributed by atoms with van der Waals surface area (Å²) < 4.78 is 6.02. The Kier molecular flexibility index (Phi) is 6.37. The smallest absolute Gasteiger partial charge is 0.271 e. The molecular weight excluding hydrogens is 516 g/mol. The molecule has 0 bridgehead atoms. The van der Waals surface area contributed by atoms with Gasteiger partial charge in [0.25, 0.3) is 11.8 Å². The molecule has 0 saturated carbocycles. The first-order chi connectivity index (χ1) is 19.9. The lowest BCUT2D eigenvalue weighted by Crippen LogP contribution is -2.43. The van der Waals surface area contributed by atoms with Crippen molar-refractivity contribution >= 4 is 29.5 Å². The standard InChI is InChI=1S/C34H22N2O5/c1-20-27(33(39)36(34(40)29(20)19-35)16-15-21-7-3-2-4-8-21)18-23-12-14-30(41-23)22-11-13-26-28(17-22)32(38)25-10-6-5-9-24(25)31(26)37/h2-14,17-18H,15-16H2,1H3/b27-18+. The Morgan fingerprint density at radius 3 is 2.15 bits per heavy atom. The molecule has 7 heteroatoms. The van der Waals surface area contributed by atoms with E-state index in [9.17, 15) is 24.4 Å². The summed E-state index contributed by atoms with van der Waals surface area (Å²) in [4.78, 5) is 53.6. The number of fused-ring (bicyclic) bond motifs is 2. The highest BCUT2D eigenvalue weighted by atomic mass is 16.3. The molecule has 0 radical (unpaired) electrons. The second-order valence-electron chi connectivity index (χ2n) is 9.83. The molecule has 2 aliphatic rings. The fraction of sp³-hybridized carbons (Fsp3) is 0.0882. The highest BCUT2D eigenvalue weighted by Gasteiger charge is 2.35. The van der Waals surface area contributed by atoms with Gasteiger partial charge in [0.2, 0.25) is 0 Å². The maximum absolute atomic E-state index is 13.4. The van der Waals surface area contributed by atoms with Gasteiger partial charge in [0.15, 0.2) is 11.6 Å². The molecule has 1 aromatic heterocycles. The predicted octanol–water partition coefficient (Wildman–Crippen LogP) is 5.56. The minimum absolute atomic E-state index is 0.0890. The van der Waals surface area contributed by atoms with Crippen molar-refractivity contribution in [2.75, 3.05) is 6.54 Å². The average Bonchev–Trinajstić information content (AvgIpc) is 3.47. The van der Waals surface area contributed by atoms with E-state index >= 15 is 0 Å². The van der Waals surface area contributed by atoms with Crippen LogP contribution in [0.5, 0.6) is 0 Å². The Labute approximate surface area is 235 Å². The molecule has 0 unspecified atom stereocenters. The number of nitriles is 1. The Morgan fingerprint density at radius 1 is 0.780 bits per heavy atom. The van der Waals surface area contributed by atoms with Gasteiger partial charge in [-0.25, -0.2) is 0 Å². The van der Waals surface area contributed by atoms with Crippen LogP contribution in [-0.4, -0.2) is 34.8 Å². The third kappa shape index (κ3) is 4.42. The summed E-state index contributed by atoms with van der Waals surface area (Å²) in [5.74, 6) is -0.785. The molecule has 41 heavy (non-hydrogen) atoms. The Hall–Kier alpha value is -5.61. The van der Waals surface area contributed by atoms with Gasteiger partial charge >= 0.3 is 0 Å². The highest BCUT2D eigenvalue weighted by molar-refractivity contribution is 6.28. The Morgan fingerprint density at radius 2 is 1.44 bits per heavy atom. The zero-order valence-electron chi connectivity index (χ0n) is 22.0. The molecule has 0 saturated heterocycles. The predicted molar refractivity (Wildman–Crippen MR) is 151 cm³/mol. The molecule has 6 rings (SSSR count). The van der Waals surface area contributed by atoms with E-state index in [1.165, 1.54) is 6.08 Å². The van der Waals surface area contributed by atoms with Crippen molar-refractivity contribution in [2.24, 2.45) is 0 Å². The second-order valence-corrected chi connectivity index (χ2v) is 9.83. The molecule has 2 heterocycles. The largest absolute Gasteiger partial charge is 0.457 e. The maximum atomic E-state index is 13.4. The zero-order valence-corrected chi connectivity index (χ0v) is 22.0. The van der Waals surface area contributed by atoms with E-state index < -0.39 is 11.8 Å². The number of ketones is 2. The Bertz CT molecular complexity index is 1890. The summed E-state index contributed by atoms with van der Waals surface area (Å²) in [5, 5.41) is 9.69. The van der Waals surface area contributed by atoms with E-state index in [0.717, 1.165) is 10.5 Å². The van der Waals surface area contributed by atoms with Gasteiger partial charge in [0.05, 0.1) is 0 Å². The normalized spacial score (nSPS) is 15.7. The molecule has 198 valence electrons. The van der Waals surface area contributed by atoms with Crippen molar-refractivity contribution in [3.05, 3.63) is 135 Å². The number of hydrogen-bond acceptors (Lipinski definition) is 6. The van der Waals surface area contributed by atoms with Crippen LogP contribution in [0.15, 0.2) is 106 Å². The summed E-state index contributed by atoms with van der Waals surface area (Å²) in [6.45, 7) is 1.70. The molecule has 0 N–H and O–H groups in total. The third-order valence-corrected chi connectivity index (χ3v) is 7.42. The molecule has 2 amide bonds. The molecule has 3 aromatic carbocycles. The fourth-order valence-corrected chi connectivity index (χ4v) is 5.20. The van der Waals surface area contributed by atoms with Crippen LogP contribution in [0.3, 0.4) is 0 Å². The van der Waals surface area contributed by atoms with Gasteiger partial charge in [-0.1, -0.05) is 60.7 Å². The van der Waals surface area contributed by atoms with Crippen LogP contribution in [-0.2, 0) is 16.0 Å². The third-order valence-electron chi connectivity index (χ3n) is 7.42. The van der Waals surface area contributed by atoms with Crippen molar-refractivity contribution in [1.29, 1.82) is 5.26 Å². The number of furan rings is 1. The van der Waals surface area contributed by atoms with Gasteiger partial charge in [-0.15, -0.1) is 0 Å². The number of hydrogen-bond donors (Lipinski definition) is 0. The second kappa shape index (κ2) is 10.2. The lowest BCUT2D eigenvalue weighted by molar-refractivity contribution is -0.140. The van der Waals surface area contributed by atoms with Gasteiger partial charge in [-0.2, -0.15) is 5.26 Å². The van der Waals surface area contributed by atoms with Crippen LogP contribution in [0, 0.1) is 11.3 Å². The van der Waals surface area contributed by atoms with Crippen LogP contribution in [0.1, 0.15) is 50.1 Å². The summed E-state index contributed by atoms with van der Waals surface area (Å²) in [6, 6.07) is 26.5. The van der Waals surface area contributed by atoms with Crippen LogP contribution >= 0.6 is 0 Å². The topological polar surface area (TPSA) is 108 Å². The van der Waals surface area contributed by atoms with E-state index in [1.807, 2.05) is 36.4 Å². The number of imide groups is 1. The minimum Gasteiger partial charge on any atom is -0.457 e. The fourth-order valence-electron chi connectivity index (χ4n) is 5.20. The SMILES string of the molecule is CC1=C(C#N)C(=O)N(CCc2ccccc2)C(=O)/C1=C/c1ccc(-c2ccc3c(c2)C(=O)c2ccccc2C3=O)o1. The van der Waals surface area contributed by atoms with Crippen LogP contribution < -0.4 is 0 Å². The number of carbonyl (C=O) groups excluding carboxylic acids is 4. The zero-order chi connectivity index (χ0) is 28.7. The van der Waals surface area contributed by atoms with Crippen molar-refractivity contribution in [3.63, 3.8) is 0 Å². The maximum Gasteiger partial charge on any atom is 0.271 e. The van der Waals surface area contributed by atoms with Crippen LogP contribution in [0.2, 0.25) is 0 Å². The van der Waals surface area contributed by atoms with Crippen molar-refractivity contribution in [1.82, 2.24) is 4.90 Å². The van der Waals surface area contributed by atoms with Gasteiger partial charge in [-0.05, 0) is 54.8 Å². The van der Waals surface area contributed by atoms with Crippen molar-refractivity contribution in [3.8, 4) is 17.4 Å².